The summed E-state index contributed by atoms with van der Waals surface area (Å²) in [5.74, 6) is -0.167. The van der Waals surface area contributed by atoms with Crippen molar-refractivity contribution in [2.75, 3.05) is 40.9 Å². The Hall–Kier alpha value is -1.54. The SMILES string of the molecule is CC/C=C\C/C=C\C/C=C\C/C=C\CCCCCCCCCCCCC(=O)NC(COP(=O)([O-])OCC[N+](C)(C)C)C(O)CCCCCCCCCCCCCCCCCCCCCCCCCCCC. The first-order valence-corrected chi connectivity index (χ1v) is 31.9. The zero-order valence-corrected chi connectivity index (χ0v) is 48.6. The number of likely N-dealkylation sites (N-methyl/N-ethyl adjacent to an activating group) is 1. The smallest absolute Gasteiger partial charge is 0.268 e. The summed E-state index contributed by atoms with van der Waals surface area (Å²) in [6, 6.07) is -0.806. The Bertz CT molecular complexity index is 1290. The number of quaternary nitrogens is 1. The summed E-state index contributed by atoms with van der Waals surface area (Å²) in [5.41, 5.74) is 0. The van der Waals surface area contributed by atoms with Gasteiger partial charge in [-0.05, 0) is 51.4 Å². The van der Waals surface area contributed by atoms with E-state index in [0.717, 1.165) is 64.2 Å². The fraction of sp³-hybridized carbons (Fsp3) is 0.855. The van der Waals surface area contributed by atoms with Crippen LogP contribution < -0.4 is 10.2 Å². The van der Waals surface area contributed by atoms with E-state index in [9.17, 15) is 19.4 Å². The fourth-order valence-corrected chi connectivity index (χ4v) is 9.82. The van der Waals surface area contributed by atoms with Gasteiger partial charge in [0.05, 0.1) is 39.9 Å². The summed E-state index contributed by atoms with van der Waals surface area (Å²) in [4.78, 5) is 25.6. The fourth-order valence-electron chi connectivity index (χ4n) is 9.09. The predicted molar refractivity (Wildman–Crippen MR) is 307 cm³/mol. The number of phosphoric acid groups is 1. The van der Waals surface area contributed by atoms with Crippen LogP contribution in [0.4, 0.5) is 0 Å². The highest BCUT2D eigenvalue weighted by molar-refractivity contribution is 7.45. The van der Waals surface area contributed by atoms with Crippen LogP contribution in [-0.2, 0) is 18.4 Å². The van der Waals surface area contributed by atoms with Gasteiger partial charge in [0, 0.05) is 6.42 Å². The van der Waals surface area contributed by atoms with Crippen LogP contribution in [0.15, 0.2) is 48.6 Å². The summed E-state index contributed by atoms with van der Waals surface area (Å²) in [6.45, 7) is 4.64. The van der Waals surface area contributed by atoms with E-state index in [1.807, 2.05) is 21.1 Å². The Balaban J connectivity index is 4.13. The zero-order valence-electron chi connectivity index (χ0n) is 47.7. The third-order valence-corrected chi connectivity index (χ3v) is 14.8. The predicted octanol–water partition coefficient (Wildman–Crippen LogP) is 18.1. The molecule has 3 unspecified atom stereocenters. The molecule has 0 aliphatic rings. The topological polar surface area (TPSA) is 108 Å². The van der Waals surface area contributed by atoms with Gasteiger partial charge in [-0.25, -0.2) is 0 Å². The molecule has 418 valence electrons. The number of carbonyl (C=O) groups is 1. The third kappa shape index (κ3) is 56.0. The van der Waals surface area contributed by atoms with Gasteiger partial charge < -0.3 is 28.8 Å². The first kappa shape index (κ1) is 69.5. The second kappa shape index (κ2) is 53.3. The molecule has 0 aliphatic carbocycles. The lowest BCUT2D eigenvalue weighted by molar-refractivity contribution is -0.870. The van der Waals surface area contributed by atoms with Crippen LogP contribution in [0.2, 0.25) is 0 Å². The number of allylic oxidation sites excluding steroid dienone is 8. The molecule has 0 aromatic carbocycles. The van der Waals surface area contributed by atoms with Crippen LogP contribution >= 0.6 is 7.82 Å². The molecule has 0 heterocycles. The van der Waals surface area contributed by atoms with Gasteiger partial charge in [-0.2, -0.15) is 0 Å². The highest BCUT2D eigenvalue weighted by atomic mass is 31.2. The molecule has 0 rings (SSSR count). The van der Waals surface area contributed by atoms with Crippen molar-refractivity contribution in [2.45, 2.75) is 302 Å². The summed E-state index contributed by atoms with van der Waals surface area (Å²) in [6.07, 6.45) is 70.1. The van der Waals surface area contributed by atoms with E-state index in [2.05, 4.69) is 67.8 Å². The zero-order chi connectivity index (χ0) is 52.0. The number of nitrogens with one attached hydrogen (secondary N) is 1. The molecule has 9 heteroatoms. The Morgan fingerprint density at radius 2 is 0.859 bits per heavy atom. The molecule has 0 spiro atoms. The van der Waals surface area contributed by atoms with Crippen molar-refractivity contribution in [3.63, 3.8) is 0 Å². The molecule has 2 N–H and O–H groups in total. The van der Waals surface area contributed by atoms with Crippen LogP contribution in [0, 0.1) is 0 Å². The maximum Gasteiger partial charge on any atom is 0.268 e. The molecular weight excluding hydrogens is 900 g/mol. The van der Waals surface area contributed by atoms with Crippen molar-refractivity contribution in [3.05, 3.63) is 48.6 Å². The van der Waals surface area contributed by atoms with E-state index in [1.165, 1.54) is 199 Å². The maximum absolute atomic E-state index is 13.0. The Morgan fingerprint density at radius 1 is 0.507 bits per heavy atom. The van der Waals surface area contributed by atoms with E-state index in [-0.39, 0.29) is 19.1 Å². The number of nitrogens with zero attached hydrogens (tertiary/aromatic N) is 1. The van der Waals surface area contributed by atoms with Gasteiger partial charge in [-0.15, -0.1) is 0 Å². The lowest BCUT2D eigenvalue weighted by Crippen LogP contribution is -2.46. The molecule has 0 fully saturated rings. The molecular formula is C62H119N2O6P. The van der Waals surface area contributed by atoms with Crippen LogP contribution in [0.1, 0.15) is 290 Å². The summed E-state index contributed by atoms with van der Waals surface area (Å²) >= 11 is 0. The van der Waals surface area contributed by atoms with Gasteiger partial charge in [0.1, 0.15) is 13.2 Å². The molecule has 0 aromatic heterocycles. The second-order valence-electron chi connectivity index (χ2n) is 22.0. The van der Waals surface area contributed by atoms with Crippen molar-refractivity contribution >= 4 is 13.7 Å². The first-order valence-electron chi connectivity index (χ1n) is 30.5. The van der Waals surface area contributed by atoms with E-state index < -0.39 is 20.0 Å². The third-order valence-electron chi connectivity index (χ3n) is 13.8. The quantitative estimate of drug-likeness (QED) is 0.0272. The molecule has 0 aliphatic heterocycles. The van der Waals surface area contributed by atoms with Crippen LogP contribution in [0.25, 0.3) is 0 Å². The Morgan fingerprint density at radius 3 is 1.25 bits per heavy atom. The van der Waals surface area contributed by atoms with Gasteiger partial charge in [0.25, 0.3) is 7.82 Å². The largest absolute Gasteiger partial charge is 0.756 e. The minimum absolute atomic E-state index is 0.0106. The van der Waals surface area contributed by atoms with Gasteiger partial charge in [0.15, 0.2) is 0 Å². The average molecular weight is 1020 g/mol. The van der Waals surface area contributed by atoms with Crippen molar-refractivity contribution in [1.82, 2.24) is 5.32 Å². The number of hydrogen-bond donors (Lipinski definition) is 2. The van der Waals surface area contributed by atoms with Gasteiger partial charge in [-0.1, -0.05) is 281 Å². The maximum atomic E-state index is 13.0. The minimum Gasteiger partial charge on any atom is -0.756 e. The van der Waals surface area contributed by atoms with Crippen molar-refractivity contribution in [1.29, 1.82) is 0 Å². The van der Waals surface area contributed by atoms with Crippen LogP contribution in [-0.4, -0.2) is 68.5 Å². The summed E-state index contributed by atoms with van der Waals surface area (Å²) < 4.78 is 23.5. The van der Waals surface area contributed by atoms with Gasteiger partial charge in [0.2, 0.25) is 5.91 Å². The lowest BCUT2D eigenvalue weighted by Gasteiger charge is -2.30. The molecule has 8 nitrogen and oxygen atoms in total. The van der Waals surface area contributed by atoms with E-state index in [0.29, 0.717) is 23.9 Å². The van der Waals surface area contributed by atoms with Gasteiger partial charge >= 0.3 is 0 Å². The molecule has 3 atom stereocenters. The Labute approximate surface area is 441 Å². The number of unbranched alkanes of at least 4 members (excludes halogenated alkanes) is 35. The van der Waals surface area contributed by atoms with Crippen molar-refractivity contribution in [2.24, 2.45) is 0 Å². The van der Waals surface area contributed by atoms with Crippen LogP contribution in [0.3, 0.4) is 0 Å². The van der Waals surface area contributed by atoms with E-state index in [1.54, 1.807) is 0 Å². The summed E-state index contributed by atoms with van der Waals surface area (Å²) in [5, 5.41) is 14.1. The summed E-state index contributed by atoms with van der Waals surface area (Å²) in [7, 11) is 1.31. The van der Waals surface area contributed by atoms with Crippen LogP contribution in [0.5, 0.6) is 0 Å². The molecule has 0 bridgehead atoms. The molecule has 0 aromatic rings. The first-order chi connectivity index (χ1) is 34.5. The number of carbonyl (C=O) groups excluding carboxylic acids is 1. The molecule has 71 heavy (non-hydrogen) atoms. The number of hydrogen-bond acceptors (Lipinski definition) is 6. The number of phosphoric ester groups is 1. The number of amides is 1. The molecule has 0 saturated heterocycles. The number of aliphatic hydroxyl groups excluding tert-OH is 1. The highest BCUT2D eigenvalue weighted by Gasteiger charge is 2.24. The monoisotopic (exact) mass is 1020 g/mol. The number of rotatable bonds is 56. The second-order valence-corrected chi connectivity index (χ2v) is 23.4. The lowest BCUT2D eigenvalue weighted by atomic mass is 10.0. The molecule has 1 amide bonds. The number of aliphatic hydroxyl groups is 1. The van der Waals surface area contributed by atoms with E-state index in [4.69, 9.17) is 9.05 Å². The minimum atomic E-state index is -4.58. The highest BCUT2D eigenvalue weighted by Crippen LogP contribution is 2.38. The Kier molecular flexibility index (Phi) is 52.1. The molecule has 0 saturated carbocycles. The van der Waals surface area contributed by atoms with Gasteiger partial charge in [-0.3, -0.25) is 9.36 Å². The standard InChI is InChI=1S/C62H119N2O6P/c1-6-8-10-12-14-16-18-20-22-24-26-28-30-31-32-34-35-37-39-41-43-45-47-49-51-53-55-61(65)60(59-70-71(67,68)69-58-57-64(3,4)5)63-62(66)56-54-52-50-48-46-44-42-40-38-36-33-29-27-25-23-21-19-17-15-13-11-9-7-2/h9,11,15,17,21,23,27,29,60-61,65H,6-8,10,12-14,16,18-20,22,24-26,28,30-59H2,1-5H3,(H-,63,66,67,68)/b11-9-,17-15-,23-21-,29-27-. The van der Waals surface area contributed by atoms with Crippen molar-refractivity contribution in [3.8, 4) is 0 Å². The van der Waals surface area contributed by atoms with E-state index >= 15 is 0 Å². The van der Waals surface area contributed by atoms with Crippen molar-refractivity contribution < 1.29 is 32.9 Å². The average Bonchev–Trinajstić information content (AvgIpc) is 3.33. The molecule has 0 radical (unpaired) electrons. The normalized spacial score (nSPS) is 14.2.